The first kappa shape index (κ1) is 7.41. The van der Waals surface area contributed by atoms with Gasteiger partial charge in [-0.05, 0) is 13.8 Å². The van der Waals surface area contributed by atoms with Crippen LogP contribution in [0.1, 0.15) is 13.8 Å². The van der Waals surface area contributed by atoms with E-state index < -0.39 is 5.54 Å². The van der Waals surface area contributed by atoms with Gasteiger partial charge < -0.3 is 4.84 Å². The smallest absolute Gasteiger partial charge is 0.124 e. The van der Waals surface area contributed by atoms with Crippen molar-refractivity contribution in [3.05, 3.63) is 0 Å². The van der Waals surface area contributed by atoms with Crippen LogP contribution in [0.4, 0.5) is 0 Å². The molecule has 0 fully saturated rings. The standard InChI is InChI=1S/C5H10N2O/c1-5(2,4-6)7-8-3/h7H,1-3H3. The lowest BCUT2D eigenvalue weighted by Gasteiger charge is -2.13. The summed E-state index contributed by atoms with van der Waals surface area (Å²) >= 11 is 0. The molecule has 0 unspecified atom stereocenters. The van der Waals surface area contributed by atoms with E-state index in [1.165, 1.54) is 7.11 Å². The molecule has 0 aliphatic heterocycles. The van der Waals surface area contributed by atoms with Gasteiger partial charge in [0.25, 0.3) is 0 Å². The number of rotatable bonds is 2. The van der Waals surface area contributed by atoms with Gasteiger partial charge in [-0.2, -0.15) is 10.7 Å². The van der Waals surface area contributed by atoms with Gasteiger partial charge in [-0.3, -0.25) is 0 Å². The summed E-state index contributed by atoms with van der Waals surface area (Å²) in [6.07, 6.45) is 0. The van der Waals surface area contributed by atoms with E-state index in [-0.39, 0.29) is 0 Å². The van der Waals surface area contributed by atoms with Crippen molar-refractivity contribution in [1.82, 2.24) is 5.48 Å². The molecule has 0 heterocycles. The topological polar surface area (TPSA) is 45.0 Å². The minimum atomic E-state index is -0.575. The fourth-order valence-corrected chi connectivity index (χ4v) is 0.278. The zero-order valence-electron chi connectivity index (χ0n) is 5.36. The predicted molar refractivity (Wildman–Crippen MR) is 29.8 cm³/mol. The van der Waals surface area contributed by atoms with Gasteiger partial charge in [0.2, 0.25) is 0 Å². The second-order valence-corrected chi connectivity index (χ2v) is 2.04. The molecule has 0 saturated heterocycles. The van der Waals surface area contributed by atoms with Crippen molar-refractivity contribution in [2.24, 2.45) is 0 Å². The lowest BCUT2D eigenvalue weighted by atomic mass is 10.1. The Morgan fingerprint density at radius 2 is 2.12 bits per heavy atom. The predicted octanol–water partition coefficient (Wildman–Crippen LogP) is 0.440. The number of hydrogen-bond donors (Lipinski definition) is 1. The van der Waals surface area contributed by atoms with Crippen molar-refractivity contribution in [2.75, 3.05) is 7.11 Å². The highest BCUT2D eigenvalue weighted by Gasteiger charge is 2.13. The Labute approximate surface area is 49.2 Å². The van der Waals surface area contributed by atoms with Crippen LogP contribution in [0, 0.1) is 11.3 Å². The summed E-state index contributed by atoms with van der Waals surface area (Å²) in [5.41, 5.74) is 1.94. The lowest BCUT2D eigenvalue weighted by molar-refractivity contribution is 0.0484. The summed E-state index contributed by atoms with van der Waals surface area (Å²) < 4.78 is 0. The van der Waals surface area contributed by atoms with E-state index in [2.05, 4.69) is 10.3 Å². The monoisotopic (exact) mass is 114 g/mol. The van der Waals surface area contributed by atoms with Gasteiger partial charge in [0.1, 0.15) is 5.54 Å². The molecule has 0 aliphatic rings. The molecule has 0 aliphatic carbocycles. The van der Waals surface area contributed by atoms with Crippen LogP contribution in [-0.2, 0) is 4.84 Å². The minimum absolute atomic E-state index is 0.575. The Hall–Kier alpha value is -0.590. The molecule has 0 radical (unpaired) electrons. The number of nitrogens with zero attached hydrogens (tertiary/aromatic N) is 1. The third-order valence-electron chi connectivity index (χ3n) is 0.637. The Kier molecular flexibility index (Phi) is 2.46. The summed E-state index contributed by atoms with van der Waals surface area (Å²) in [6.45, 7) is 3.47. The maximum atomic E-state index is 8.33. The van der Waals surface area contributed by atoms with Crippen molar-refractivity contribution in [3.63, 3.8) is 0 Å². The first-order valence-corrected chi connectivity index (χ1v) is 2.34. The van der Waals surface area contributed by atoms with Gasteiger partial charge >= 0.3 is 0 Å². The molecule has 0 rings (SSSR count). The fourth-order valence-electron chi connectivity index (χ4n) is 0.278. The highest BCUT2D eigenvalue weighted by molar-refractivity contribution is 4.97. The maximum absolute atomic E-state index is 8.33. The van der Waals surface area contributed by atoms with E-state index in [0.717, 1.165) is 0 Å². The summed E-state index contributed by atoms with van der Waals surface area (Å²) in [7, 11) is 1.49. The molecule has 0 aromatic carbocycles. The maximum Gasteiger partial charge on any atom is 0.124 e. The summed E-state index contributed by atoms with van der Waals surface area (Å²) in [6, 6.07) is 2.01. The zero-order chi connectivity index (χ0) is 6.62. The Morgan fingerprint density at radius 3 is 2.25 bits per heavy atom. The highest BCUT2D eigenvalue weighted by Crippen LogP contribution is 1.96. The van der Waals surface area contributed by atoms with Crippen LogP contribution in [-0.4, -0.2) is 12.6 Å². The first-order chi connectivity index (χ1) is 3.62. The molecule has 0 atom stereocenters. The third-order valence-corrected chi connectivity index (χ3v) is 0.637. The first-order valence-electron chi connectivity index (χ1n) is 2.34. The molecule has 0 saturated carbocycles. The molecular formula is C5H10N2O. The van der Waals surface area contributed by atoms with E-state index in [4.69, 9.17) is 5.26 Å². The number of hydroxylamine groups is 1. The Morgan fingerprint density at radius 1 is 1.62 bits per heavy atom. The van der Waals surface area contributed by atoms with E-state index in [1.807, 2.05) is 6.07 Å². The van der Waals surface area contributed by atoms with Crippen LogP contribution < -0.4 is 5.48 Å². The van der Waals surface area contributed by atoms with Crippen molar-refractivity contribution in [3.8, 4) is 6.07 Å². The van der Waals surface area contributed by atoms with Crippen LogP contribution in [0.15, 0.2) is 0 Å². The average molecular weight is 114 g/mol. The molecular weight excluding hydrogens is 104 g/mol. The molecule has 3 heteroatoms. The van der Waals surface area contributed by atoms with E-state index >= 15 is 0 Å². The number of nitriles is 1. The minimum Gasteiger partial charge on any atom is -0.304 e. The van der Waals surface area contributed by atoms with Crippen LogP contribution in [0.25, 0.3) is 0 Å². The van der Waals surface area contributed by atoms with Crippen LogP contribution in [0.2, 0.25) is 0 Å². The average Bonchev–Trinajstić information content (AvgIpc) is 1.67. The normalized spacial score (nSPS) is 10.8. The molecule has 8 heavy (non-hydrogen) atoms. The summed E-state index contributed by atoms with van der Waals surface area (Å²) in [5.74, 6) is 0. The summed E-state index contributed by atoms with van der Waals surface area (Å²) in [5, 5.41) is 8.33. The molecule has 0 aromatic rings. The van der Waals surface area contributed by atoms with Gasteiger partial charge in [0, 0.05) is 0 Å². The Bertz CT molecular complexity index is 103. The Balaban J connectivity index is 3.59. The van der Waals surface area contributed by atoms with Gasteiger partial charge in [-0.1, -0.05) is 0 Å². The lowest BCUT2D eigenvalue weighted by Crippen LogP contribution is -2.36. The van der Waals surface area contributed by atoms with E-state index in [9.17, 15) is 0 Å². The van der Waals surface area contributed by atoms with Crippen LogP contribution >= 0.6 is 0 Å². The quantitative estimate of drug-likeness (QED) is 0.530. The highest BCUT2D eigenvalue weighted by atomic mass is 16.6. The molecule has 1 N–H and O–H groups in total. The second kappa shape index (κ2) is 2.65. The second-order valence-electron chi connectivity index (χ2n) is 2.04. The van der Waals surface area contributed by atoms with Crippen molar-refractivity contribution < 1.29 is 4.84 Å². The molecule has 0 spiro atoms. The number of hydrogen-bond acceptors (Lipinski definition) is 3. The molecule has 0 aromatic heterocycles. The fraction of sp³-hybridized carbons (Fsp3) is 0.800. The number of nitrogens with one attached hydrogen (secondary N) is 1. The van der Waals surface area contributed by atoms with E-state index in [0.29, 0.717) is 0 Å². The van der Waals surface area contributed by atoms with Gasteiger partial charge in [-0.25, -0.2) is 0 Å². The van der Waals surface area contributed by atoms with Crippen molar-refractivity contribution in [1.29, 1.82) is 5.26 Å². The molecule has 46 valence electrons. The largest absolute Gasteiger partial charge is 0.304 e. The molecule has 3 nitrogen and oxygen atoms in total. The van der Waals surface area contributed by atoms with Gasteiger partial charge in [-0.15, -0.1) is 0 Å². The zero-order valence-corrected chi connectivity index (χ0v) is 5.36. The van der Waals surface area contributed by atoms with Gasteiger partial charge in [0.15, 0.2) is 0 Å². The van der Waals surface area contributed by atoms with Crippen molar-refractivity contribution >= 4 is 0 Å². The van der Waals surface area contributed by atoms with Gasteiger partial charge in [0.05, 0.1) is 13.2 Å². The molecule has 0 amide bonds. The SMILES string of the molecule is CONC(C)(C)C#N. The van der Waals surface area contributed by atoms with E-state index in [1.54, 1.807) is 13.8 Å². The molecule has 0 bridgehead atoms. The van der Waals surface area contributed by atoms with Crippen molar-refractivity contribution in [2.45, 2.75) is 19.4 Å². The third kappa shape index (κ3) is 2.56. The van der Waals surface area contributed by atoms with Crippen LogP contribution in [0.3, 0.4) is 0 Å². The van der Waals surface area contributed by atoms with Crippen LogP contribution in [0.5, 0.6) is 0 Å². The summed E-state index contributed by atoms with van der Waals surface area (Å²) in [4.78, 5) is 4.53.